The molecule has 1 heterocycles. The van der Waals surface area contributed by atoms with Crippen LogP contribution < -0.4 is 0 Å². The summed E-state index contributed by atoms with van der Waals surface area (Å²) in [5.74, 6) is -2.34. The number of aliphatic hydroxyl groups excluding tert-OH is 1. The van der Waals surface area contributed by atoms with E-state index in [-0.39, 0.29) is 12.3 Å². The second-order valence-corrected chi connectivity index (χ2v) is 4.17. The molecule has 0 bridgehead atoms. The SMILES string of the molecule is CCN1C(=O)CC[C@H]1C(=O)OC(C(=O)O)C(C)O. The predicted molar refractivity (Wildman–Crippen MR) is 59.6 cm³/mol. The number of aliphatic hydroxyl groups is 1. The van der Waals surface area contributed by atoms with E-state index >= 15 is 0 Å². The van der Waals surface area contributed by atoms with Crippen molar-refractivity contribution in [2.75, 3.05) is 6.54 Å². The summed E-state index contributed by atoms with van der Waals surface area (Å²) < 4.78 is 4.76. The van der Waals surface area contributed by atoms with Gasteiger partial charge in [-0.15, -0.1) is 0 Å². The number of rotatable bonds is 5. The van der Waals surface area contributed by atoms with Crippen molar-refractivity contribution in [1.82, 2.24) is 4.90 Å². The maximum absolute atomic E-state index is 11.8. The van der Waals surface area contributed by atoms with Gasteiger partial charge in [-0.2, -0.15) is 0 Å². The van der Waals surface area contributed by atoms with E-state index in [0.29, 0.717) is 13.0 Å². The molecule has 3 atom stereocenters. The molecule has 0 saturated carbocycles. The highest BCUT2D eigenvalue weighted by molar-refractivity contribution is 5.89. The molecule has 1 saturated heterocycles. The van der Waals surface area contributed by atoms with Gasteiger partial charge in [-0.3, -0.25) is 4.79 Å². The highest BCUT2D eigenvalue weighted by Crippen LogP contribution is 2.20. The van der Waals surface area contributed by atoms with Gasteiger partial charge in [0, 0.05) is 13.0 Å². The first-order chi connectivity index (χ1) is 8.38. The molecule has 0 aromatic rings. The van der Waals surface area contributed by atoms with E-state index in [1.165, 1.54) is 11.8 Å². The molecular weight excluding hydrogens is 242 g/mol. The first kappa shape index (κ1) is 14.4. The number of ether oxygens (including phenoxy) is 1. The first-order valence-electron chi connectivity index (χ1n) is 5.79. The number of carboxylic acids is 1. The Morgan fingerprint density at radius 1 is 1.56 bits per heavy atom. The molecule has 1 amide bonds. The van der Waals surface area contributed by atoms with E-state index in [4.69, 9.17) is 9.84 Å². The molecule has 18 heavy (non-hydrogen) atoms. The molecular formula is C11H17NO6. The van der Waals surface area contributed by atoms with Crippen LogP contribution in [0, 0.1) is 0 Å². The molecule has 1 fully saturated rings. The molecule has 102 valence electrons. The Kier molecular flexibility index (Phi) is 4.66. The minimum Gasteiger partial charge on any atom is -0.478 e. The number of likely N-dealkylation sites (N-methyl/N-ethyl adjacent to an activating group) is 1. The highest BCUT2D eigenvalue weighted by Gasteiger charge is 2.38. The molecule has 1 aliphatic heterocycles. The van der Waals surface area contributed by atoms with Gasteiger partial charge in [-0.05, 0) is 20.3 Å². The number of hydrogen-bond acceptors (Lipinski definition) is 5. The zero-order valence-electron chi connectivity index (χ0n) is 10.3. The fraction of sp³-hybridized carbons (Fsp3) is 0.727. The van der Waals surface area contributed by atoms with Gasteiger partial charge in [-0.25, -0.2) is 9.59 Å². The largest absolute Gasteiger partial charge is 0.478 e. The van der Waals surface area contributed by atoms with Crippen LogP contribution in [0.5, 0.6) is 0 Å². The van der Waals surface area contributed by atoms with Crippen LogP contribution >= 0.6 is 0 Å². The van der Waals surface area contributed by atoms with Gasteiger partial charge in [0.25, 0.3) is 0 Å². The summed E-state index contributed by atoms with van der Waals surface area (Å²) in [6.45, 7) is 3.32. The lowest BCUT2D eigenvalue weighted by atomic mass is 10.2. The number of carbonyl (C=O) groups is 3. The van der Waals surface area contributed by atoms with Crippen LogP contribution in [-0.4, -0.2) is 57.8 Å². The van der Waals surface area contributed by atoms with Crippen LogP contribution in [0.1, 0.15) is 26.7 Å². The molecule has 2 unspecified atom stereocenters. The average Bonchev–Trinajstić information content (AvgIpc) is 2.65. The van der Waals surface area contributed by atoms with Crippen molar-refractivity contribution >= 4 is 17.8 Å². The number of aliphatic carboxylic acids is 1. The number of hydrogen-bond donors (Lipinski definition) is 2. The van der Waals surface area contributed by atoms with Gasteiger partial charge in [0.1, 0.15) is 6.04 Å². The molecule has 1 rings (SSSR count). The van der Waals surface area contributed by atoms with Crippen molar-refractivity contribution in [3.8, 4) is 0 Å². The standard InChI is InChI=1S/C11H17NO6/c1-3-12-7(4-5-8(12)14)11(17)18-9(6(2)13)10(15)16/h6-7,9,13H,3-5H2,1-2H3,(H,15,16)/t6?,7-,9?/m0/s1. The van der Waals surface area contributed by atoms with E-state index in [0.717, 1.165) is 0 Å². The smallest absolute Gasteiger partial charge is 0.347 e. The quantitative estimate of drug-likeness (QED) is 0.637. The molecule has 2 N–H and O–H groups in total. The predicted octanol–water partition coefficient (Wildman–Crippen LogP) is -0.625. The molecule has 7 heteroatoms. The third kappa shape index (κ3) is 2.98. The summed E-state index contributed by atoms with van der Waals surface area (Å²) >= 11 is 0. The van der Waals surface area contributed by atoms with Crippen molar-refractivity contribution in [2.24, 2.45) is 0 Å². The third-order valence-corrected chi connectivity index (χ3v) is 2.87. The van der Waals surface area contributed by atoms with Crippen LogP contribution in [-0.2, 0) is 19.1 Å². The number of esters is 1. The maximum Gasteiger partial charge on any atom is 0.347 e. The summed E-state index contributed by atoms with van der Waals surface area (Å²) in [6, 6.07) is -0.747. The molecule has 0 aromatic heterocycles. The van der Waals surface area contributed by atoms with Crippen LogP contribution in [0.3, 0.4) is 0 Å². The monoisotopic (exact) mass is 259 g/mol. The van der Waals surface area contributed by atoms with Crippen molar-refractivity contribution in [3.63, 3.8) is 0 Å². The van der Waals surface area contributed by atoms with Gasteiger partial charge in [-0.1, -0.05) is 0 Å². The number of carbonyl (C=O) groups excluding carboxylic acids is 2. The summed E-state index contributed by atoms with van der Waals surface area (Å²) in [7, 11) is 0. The Balaban J connectivity index is 2.70. The molecule has 7 nitrogen and oxygen atoms in total. The number of amides is 1. The Bertz CT molecular complexity index is 353. The van der Waals surface area contributed by atoms with Gasteiger partial charge < -0.3 is 19.8 Å². The van der Waals surface area contributed by atoms with Gasteiger partial charge in [0.2, 0.25) is 12.0 Å². The lowest BCUT2D eigenvalue weighted by Gasteiger charge is -2.24. The molecule has 0 radical (unpaired) electrons. The molecule has 0 aromatic carbocycles. The second-order valence-electron chi connectivity index (χ2n) is 4.17. The van der Waals surface area contributed by atoms with E-state index in [1.807, 2.05) is 0 Å². The van der Waals surface area contributed by atoms with Crippen LogP contribution in [0.25, 0.3) is 0 Å². The lowest BCUT2D eigenvalue weighted by Crippen LogP contribution is -2.44. The van der Waals surface area contributed by atoms with Crippen molar-refractivity contribution in [1.29, 1.82) is 0 Å². The molecule has 0 spiro atoms. The summed E-state index contributed by atoms with van der Waals surface area (Å²) in [5.41, 5.74) is 0. The van der Waals surface area contributed by atoms with Gasteiger partial charge in [0.15, 0.2) is 0 Å². The van der Waals surface area contributed by atoms with E-state index in [9.17, 15) is 19.5 Å². The van der Waals surface area contributed by atoms with E-state index < -0.39 is 30.2 Å². The molecule has 1 aliphatic rings. The summed E-state index contributed by atoms with van der Waals surface area (Å²) in [5, 5.41) is 18.0. The van der Waals surface area contributed by atoms with E-state index in [2.05, 4.69) is 0 Å². The van der Waals surface area contributed by atoms with Crippen molar-refractivity contribution < 1.29 is 29.3 Å². The fourth-order valence-corrected chi connectivity index (χ4v) is 1.93. The highest BCUT2D eigenvalue weighted by atomic mass is 16.6. The topological polar surface area (TPSA) is 104 Å². The van der Waals surface area contributed by atoms with Crippen molar-refractivity contribution in [3.05, 3.63) is 0 Å². The van der Waals surface area contributed by atoms with Gasteiger partial charge in [0.05, 0.1) is 6.10 Å². The summed E-state index contributed by atoms with van der Waals surface area (Å²) in [6.07, 6.45) is -2.34. The Morgan fingerprint density at radius 3 is 2.61 bits per heavy atom. The summed E-state index contributed by atoms with van der Waals surface area (Å²) in [4.78, 5) is 35.4. The van der Waals surface area contributed by atoms with Crippen LogP contribution in [0.15, 0.2) is 0 Å². The molecule has 0 aliphatic carbocycles. The Morgan fingerprint density at radius 2 is 2.17 bits per heavy atom. The zero-order valence-corrected chi connectivity index (χ0v) is 10.3. The van der Waals surface area contributed by atoms with E-state index in [1.54, 1.807) is 6.92 Å². The third-order valence-electron chi connectivity index (χ3n) is 2.87. The zero-order chi connectivity index (χ0) is 13.9. The lowest BCUT2D eigenvalue weighted by molar-refractivity contribution is -0.174. The van der Waals surface area contributed by atoms with Crippen LogP contribution in [0.2, 0.25) is 0 Å². The first-order valence-corrected chi connectivity index (χ1v) is 5.79. The number of carboxylic acid groups (broad SMARTS) is 1. The minimum atomic E-state index is -1.60. The average molecular weight is 259 g/mol. The van der Waals surface area contributed by atoms with Crippen molar-refractivity contribution in [2.45, 2.75) is 44.9 Å². The van der Waals surface area contributed by atoms with Gasteiger partial charge >= 0.3 is 11.9 Å². The Labute approximate surface area is 104 Å². The second kappa shape index (κ2) is 5.81. The number of likely N-dealkylation sites (tertiary alicyclic amines) is 1. The minimum absolute atomic E-state index is 0.150. The maximum atomic E-state index is 11.8. The normalized spacial score (nSPS) is 22.7. The Hall–Kier alpha value is -1.63. The van der Waals surface area contributed by atoms with Crippen LogP contribution in [0.4, 0.5) is 0 Å². The number of nitrogens with zero attached hydrogens (tertiary/aromatic N) is 1. The fourth-order valence-electron chi connectivity index (χ4n) is 1.93.